The summed E-state index contributed by atoms with van der Waals surface area (Å²) in [5, 5.41) is 13.7. The number of nitrogens with one attached hydrogen (secondary N) is 2. The smallest absolute Gasteiger partial charge is 0.269 e. The Morgan fingerprint density at radius 2 is 1.85 bits per heavy atom. The molecule has 0 bridgehead atoms. The highest BCUT2D eigenvalue weighted by Crippen LogP contribution is 2.30. The molecule has 10 nitrogen and oxygen atoms in total. The first-order valence-electron chi connectivity index (χ1n) is 9.72. The number of thioether (sulfide) groups is 1. The second-order valence-electron chi connectivity index (χ2n) is 6.89. The maximum Gasteiger partial charge on any atom is 0.269 e. The van der Waals surface area contributed by atoms with Crippen molar-refractivity contribution in [2.75, 3.05) is 22.9 Å². The molecule has 2 aromatic carbocycles. The Bertz CT molecular complexity index is 1380. The Hall–Kier alpha value is -3.00. The molecule has 0 fully saturated rings. The molecule has 0 saturated heterocycles. The molecule has 1 aromatic heterocycles. The van der Waals surface area contributed by atoms with Gasteiger partial charge >= 0.3 is 0 Å². The van der Waals surface area contributed by atoms with Gasteiger partial charge in [0.1, 0.15) is 11.4 Å². The van der Waals surface area contributed by atoms with Crippen molar-refractivity contribution in [1.82, 2.24) is 14.5 Å². The lowest BCUT2D eigenvalue weighted by Gasteiger charge is -2.13. The van der Waals surface area contributed by atoms with E-state index >= 15 is 0 Å². The molecule has 0 spiro atoms. The van der Waals surface area contributed by atoms with Crippen molar-refractivity contribution in [3.8, 4) is 0 Å². The maximum atomic E-state index is 12.5. The molecule has 3 aromatic rings. The normalized spacial score (nSPS) is 14.0. The van der Waals surface area contributed by atoms with Gasteiger partial charge in [0.15, 0.2) is 4.34 Å². The van der Waals surface area contributed by atoms with E-state index in [-0.39, 0.29) is 27.9 Å². The number of sulfonamides is 1. The van der Waals surface area contributed by atoms with Crippen LogP contribution in [0.1, 0.15) is 16.8 Å². The summed E-state index contributed by atoms with van der Waals surface area (Å²) in [4.78, 5) is 36.7. The highest BCUT2D eigenvalue weighted by Gasteiger charge is 2.41. The van der Waals surface area contributed by atoms with Crippen LogP contribution in [0, 0.1) is 0 Å². The van der Waals surface area contributed by atoms with Crippen molar-refractivity contribution in [3.05, 3.63) is 59.1 Å². The standard InChI is InChI=1S/C20H16ClN5O5S3/c21-12-4-3-5-13(10-12)22-16(27)8-9-32-20-25-24-19(33-20)23-17(28)11-26-18(29)14-6-1-2-7-15(14)34(26,30)31/h1-7,10H,8-9,11H2,(H,22,27)(H,23,24,28). The van der Waals surface area contributed by atoms with E-state index in [1.807, 2.05) is 0 Å². The van der Waals surface area contributed by atoms with Gasteiger partial charge in [0.2, 0.25) is 16.9 Å². The van der Waals surface area contributed by atoms with E-state index < -0.39 is 28.4 Å². The Morgan fingerprint density at radius 3 is 2.62 bits per heavy atom. The lowest BCUT2D eigenvalue weighted by Crippen LogP contribution is -2.37. The second-order valence-corrected chi connectivity index (χ2v) is 11.5. The fourth-order valence-corrected chi connectivity index (χ4v) is 6.51. The molecule has 1 aliphatic rings. The van der Waals surface area contributed by atoms with Crippen LogP contribution in [0.5, 0.6) is 0 Å². The Balaban J connectivity index is 1.26. The molecular weight excluding hydrogens is 522 g/mol. The molecule has 0 aliphatic carbocycles. The van der Waals surface area contributed by atoms with Crippen LogP contribution in [0.2, 0.25) is 5.02 Å². The van der Waals surface area contributed by atoms with Crippen molar-refractivity contribution < 1.29 is 22.8 Å². The first-order valence-corrected chi connectivity index (χ1v) is 13.3. The van der Waals surface area contributed by atoms with Crippen LogP contribution in [0.4, 0.5) is 10.8 Å². The van der Waals surface area contributed by atoms with E-state index in [1.165, 1.54) is 30.0 Å². The zero-order valence-electron chi connectivity index (χ0n) is 17.2. The van der Waals surface area contributed by atoms with Crippen LogP contribution in [-0.2, 0) is 19.6 Å². The number of carbonyl (C=O) groups excluding carboxylic acids is 3. The summed E-state index contributed by atoms with van der Waals surface area (Å²) in [6.07, 6.45) is 0.216. The highest BCUT2D eigenvalue weighted by atomic mass is 35.5. The number of anilines is 2. The number of fused-ring (bicyclic) bond motifs is 1. The van der Waals surface area contributed by atoms with Crippen molar-refractivity contribution >= 4 is 73.3 Å². The second kappa shape index (κ2) is 10.1. The van der Waals surface area contributed by atoms with E-state index in [2.05, 4.69) is 20.8 Å². The lowest BCUT2D eigenvalue weighted by atomic mass is 10.2. The number of hydrogen-bond donors (Lipinski definition) is 2. The van der Waals surface area contributed by atoms with E-state index in [0.717, 1.165) is 11.3 Å². The first kappa shape index (κ1) is 24.1. The topological polar surface area (TPSA) is 138 Å². The minimum atomic E-state index is -4.08. The average molecular weight is 538 g/mol. The summed E-state index contributed by atoms with van der Waals surface area (Å²) in [6, 6.07) is 12.6. The molecule has 4 rings (SSSR count). The highest BCUT2D eigenvalue weighted by molar-refractivity contribution is 8.01. The predicted molar refractivity (Wildman–Crippen MR) is 129 cm³/mol. The summed E-state index contributed by atoms with van der Waals surface area (Å²) in [5.74, 6) is -1.24. The summed E-state index contributed by atoms with van der Waals surface area (Å²) in [7, 11) is -4.08. The first-order chi connectivity index (χ1) is 16.2. The zero-order chi connectivity index (χ0) is 24.3. The van der Waals surface area contributed by atoms with Gasteiger partial charge in [-0.25, -0.2) is 12.7 Å². The fraction of sp³-hybridized carbons (Fsp3) is 0.150. The van der Waals surface area contributed by atoms with Gasteiger partial charge in [-0.2, -0.15) is 0 Å². The predicted octanol–water partition coefficient (Wildman–Crippen LogP) is 3.10. The summed E-state index contributed by atoms with van der Waals surface area (Å²) >= 11 is 8.25. The fourth-order valence-electron chi connectivity index (χ4n) is 3.02. The molecule has 14 heteroatoms. The zero-order valence-corrected chi connectivity index (χ0v) is 20.4. The van der Waals surface area contributed by atoms with Gasteiger partial charge in [-0.1, -0.05) is 52.9 Å². The molecule has 1 aliphatic heterocycles. The quantitative estimate of drug-likeness (QED) is 0.330. The minimum absolute atomic E-state index is 0.0318. The number of carbonyl (C=O) groups is 3. The summed E-state index contributed by atoms with van der Waals surface area (Å²) in [5.41, 5.74) is 0.634. The Morgan fingerprint density at radius 1 is 1.06 bits per heavy atom. The van der Waals surface area contributed by atoms with Gasteiger partial charge in [0.05, 0.1) is 5.56 Å². The number of hydrogen-bond acceptors (Lipinski definition) is 9. The molecule has 0 atom stereocenters. The number of rotatable bonds is 8. The lowest BCUT2D eigenvalue weighted by molar-refractivity contribution is -0.116. The van der Waals surface area contributed by atoms with Crippen LogP contribution >= 0.6 is 34.7 Å². The maximum absolute atomic E-state index is 12.5. The van der Waals surface area contributed by atoms with Crippen LogP contribution in [-0.4, -0.2) is 52.9 Å². The van der Waals surface area contributed by atoms with Crippen LogP contribution in [0.3, 0.4) is 0 Å². The molecule has 3 amide bonds. The molecule has 0 unspecified atom stereocenters. The number of amides is 3. The molecule has 2 heterocycles. The third-order valence-electron chi connectivity index (χ3n) is 4.52. The number of aromatic nitrogens is 2. The van der Waals surface area contributed by atoms with E-state index in [1.54, 1.807) is 30.3 Å². The number of benzene rings is 2. The van der Waals surface area contributed by atoms with Crippen LogP contribution in [0.15, 0.2) is 57.8 Å². The molecule has 2 N–H and O–H groups in total. The van der Waals surface area contributed by atoms with Gasteiger partial charge in [-0.15, -0.1) is 10.2 Å². The van der Waals surface area contributed by atoms with Gasteiger partial charge in [-0.3, -0.25) is 19.7 Å². The van der Waals surface area contributed by atoms with Crippen LogP contribution < -0.4 is 10.6 Å². The molecule has 176 valence electrons. The van der Waals surface area contributed by atoms with Gasteiger partial charge in [-0.05, 0) is 30.3 Å². The Kier molecular flexibility index (Phi) is 7.16. The minimum Gasteiger partial charge on any atom is -0.326 e. The number of nitrogens with zero attached hydrogens (tertiary/aromatic N) is 3. The SMILES string of the molecule is O=C(CCSc1nnc(NC(=O)CN2C(=O)c3ccccc3S2(=O)=O)s1)Nc1cccc(Cl)c1. The van der Waals surface area contributed by atoms with Gasteiger partial charge < -0.3 is 5.32 Å². The summed E-state index contributed by atoms with van der Waals surface area (Å²) in [6.45, 7) is -0.679. The third-order valence-corrected chi connectivity index (χ3v) is 8.51. The van der Waals surface area contributed by atoms with Crippen molar-refractivity contribution in [2.45, 2.75) is 15.7 Å². The van der Waals surface area contributed by atoms with E-state index in [9.17, 15) is 22.8 Å². The average Bonchev–Trinajstić information content (AvgIpc) is 3.30. The monoisotopic (exact) mass is 537 g/mol. The van der Waals surface area contributed by atoms with Crippen molar-refractivity contribution in [1.29, 1.82) is 0 Å². The molecule has 0 saturated carbocycles. The van der Waals surface area contributed by atoms with Gasteiger partial charge in [0.25, 0.3) is 15.9 Å². The van der Waals surface area contributed by atoms with E-state index in [4.69, 9.17) is 11.6 Å². The number of halogens is 1. The van der Waals surface area contributed by atoms with Gasteiger partial charge in [0, 0.05) is 22.9 Å². The van der Waals surface area contributed by atoms with E-state index in [0.29, 0.717) is 25.1 Å². The third kappa shape index (κ3) is 5.38. The molecular formula is C20H16ClN5O5S3. The molecule has 0 radical (unpaired) electrons. The Labute approximate surface area is 207 Å². The van der Waals surface area contributed by atoms with Crippen molar-refractivity contribution in [3.63, 3.8) is 0 Å². The molecule has 34 heavy (non-hydrogen) atoms. The van der Waals surface area contributed by atoms with Crippen molar-refractivity contribution in [2.24, 2.45) is 0 Å². The summed E-state index contributed by atoms with van der Waals surface area (Å²) < 4.78 is 26.1. The largest absolute Gasteiger partial charge is 0.326 e. The van der Waals surface area contributed by atoms with Crippen LogP contribution in [0.25, 0.3) is 0 Å².